The molecule has 3 N–H and O–H groups in total. The van der Waals surface area contributed by atoms with Crippen LogP contribution >= 0.6 is 0 Å². The van der Waals surface area contributed by atoms with E-state index in [-0.39, 0.29) is 11.5 Å². The Kier molecular flexibility index (Phi) is 3.11. The molecule has 0 radical (unpaired) electrons. The Balaban J connectivity index is 1.76. The Morgan fingerprint density at radius 1 is 1.27 bits per heavy atom. The minimum atomic E-state index is 0.106. The normalized spacial score (nSPS) is 15.5. The van der Waals surface area contributed by atoms with Gasteiger partial charge in [0, 0.05) is 18.2 Å². The molecule has 1 aliphatic rings. The molecule has 3 nitrogen and oxygen atoms in total. The van der Waals surface area contributed by atoms with Crippen LogP contribution < -0.4 is 5.32 Å². The van der Waals surface area contributed by atoms with Crippen LogP contribution in [0.1, 0.15) is 24.8 Å². The van der Waals surface area contributed by atoms with E-state index in [0.717, 1.165) is 18.0 Å². The van der Waals surface area contributed by atoms with Crippen molar-refractivity contribution in [1.29, 1.82) is 0 Å². The van der Waals surface area contributed by atoms with Crippen LogP contribution in [0.5, 0.6) is 11.5 Å². The molecule has 0 aromatic heterocycles. The maximum atomic E-state index is 9.51. The summed E-state index contributed by atoms with van der Waals surface area (Å²) in [4.78, 5) is 0. The summed E-state index contributed by atoms with van der Waals surface area (Å²) in [5.41, 5.74) is 0.837. The predicted octanol–water partition coefficient (Wildman–Crippen LogP) is 1.99. The molecule has 82 valence electrons. The Morgan fingerprint density at radius 3 is 2.73 bits per heavy atom. The van der Waals surface area contributed by atoms with Crippen molar-refractivity contribution >= 4 is 0 Å². The van der Waals surface area contributed by atoms with E-state index < -0.39 is 0 Å². The monoisotopic (exact) mass is 207 g/mol. The van der Waals surface area contributed by atoms with Gasteiger partial charge in [-0.05, 0) is 24.9 Å². The van der Waals surface area contributed by atoms with Crippen LogP contribution in [-0.4, -0.2) is 16.8 Å². The Hall–Kier alpha value is -1.22. The van der Waals surface area contributed by atoms with Gasteiger partial charge in [-0.2, -0.15) is 0 Å². The van der Waals surface area contributed by atoms with Crippen molar-refractivity contribution in [3.8, 4) is 11.5 Å². The number of hydrogen-bond acceptors (Lipinski definition) is 3. The van der Waals surface area contributed by atoms with Gasteiger partial charge in [0.15, 0.2) is 0 Å². The second-order valence-electron chi connectivity index (χ2n) is 4.22. The standard InChI is InChI=1S/C12H17NO2/c14-11-4-3-10(12(15)7-11)8-13-6-5-9-1-2-9/h3-4,7,9,13-15H,1-2,5-6,8H2. The zero-order valence-corrected chi connectivity index (χ0v) is 8.74. The SMILES string of the molecule is Oc1ccc(CNCCC2CC2)c(O)c1. The van der Waals surface area contributed by atoms with E-state index in [9.17, 15) is 5.11 Å². The molecule has 0 unspecified atom stereocenters. The highest BCUT2D eigenvalue weighted by Crippen LogP contribution is 2.31. The van der Waals surface area contributed by atoms with Crippen molar-refractivity contribution in [3.05, 3.63) is 23.8 Å². The molecule has 3 heteroatoms. The highest BCUT2D eigenvalue weighted by molar-refractivity contribution is 5.38. The van der Waals surface area contributed by atoms with E-state index in [0.29, 0.717) is 6.54 Å². The average molecular weight is 207 g/mol. The lowest BCUT2D eigenvalue weighted by molar-refractivity contribution is 0.443. The summed E-state index contributed by atoms with van der Waals surface area (Å²) in [5, 5.41) is 21.9. The summed E-state index contributed by atoms with van der Waals surface area (Å²) in [6.07, 6.45) is 4.00. The van der Waals surface area contributed by atoms with Gasteiger partial charge in [0.05, 0.1) is 0 Å². The summed E-state index contributed by atoms with van der Waals surface area (Å²) in [6.45, 7) is 1.67. The van der Waals surface area contributed by atoms with E-state index in [1.165, 1.54) is 25.3 Å². The summed E-state index contributed by atoms with van der Waals surface area (Å²) in [5.74, 6) is 1.20. The fraction of sp³-hybridized carbons (Fsp3) is 0.500. The first-order valence-corrected chi connectivity index (χ1v) is 5.47. The van der Waals surface area contributed by atoms with Crippen LogP contribution in [0, 0.1) is 5.92 Å². The van der Waals surface area contributed by atoms with Crippen molar-refractivity contribution in [2.75, 3.05) is 6.54 Å². The second kappa shape index (κ2) is 4.53. The Morgan fingerprint density at radius 2 is 2.07 bits per heavy atom. The lowest BCUT2D eigenvalue weighted by Gasteiger charge is -2.06. The Bertz CT molecular complexity index is 334. The summed E-state index contributed by atoms with van der Waals surface area (Å²) in [6, 6.07) is 4.71. The summed E-state index contributed by atoms with van der Waals surface area (Å²) >= 11 is 0. The number of phenols is 2. The van der Waals surface area contributed by atoms with Gasteiger partial charge in [-0.15, -0.1) is 0 Å². The van der Waals surface area contributed by atoms with Crippen molar-refractivity contribution in [3.63, 3.8) is 0 Å². The molecule has 0 atom stereocenters. The second-order valence-corrected chi connectivity index (χ2v) is 4.22. The minimum Gasteiger partial charge on any atom is -0.508 e. The van der Waals surface area contributed by atoms with Crippen molar-refractivity contribution in [2.24, 2.45) is 5.92 Å². The quantitative estimate of drug-likeness (QED) is 0.647. The maximum absolute atomic E-state index is 9.51. The molecule has 0 heterocycles. The molecule has 15 heavy (non-hydrogen) atoms. The highest BCUT2D eigenvalue weighted by Gasteiger charge is 2.19. The van der Waals surface area contributed by atoms with Crippen LogP contribution in [0.25, 0.3) is 0 Å². The molecule has 0 bridgehead atoms. The third-order valence-corrected chi connectivity index (χ3v) is 2.81. The van der Waals surface area contributed by atoms with Gasteiger partial charge < -0.3 is 15.5 Å². The average Bonchev–Trinajstić information content (AvgIpc) is 2.99. The number of aromatic hydroxyl groups is 2. The first-order chi connectivity index (χ1) is 7.25. The van der Waals surface area contributed by atoms with E-state index in [1.807, 2.05) is 0 Å². The topological polar surface area (TPSA) is 52.5 Å². The van der Waals surface area contributed by atoms with Gasteiger partial charge in [0.25, 0.3) is 0 Å². The largest absolute Gasteiger partial charge is 0.508 e. The van der Waals surface area contributed by atoms with Gasteiger partial charge in [0.2, 0.25) is 0 Å². The van der Waals surface area contributed by atoms with E-state index in [2.05, 4.69) is 5.32 Å². The first kappa shape index (κ1) is 10.3. The highest BCUT2D eigenvalue weighted by atomic mass is 16.3. The molecule has 1 aliphatic carbocycles. The molecule has 0 spiro atoms. The number of nitrogens with one attached hydrogen (secondary N) is 1. The predicted molar refractivity (Wildman–Crippen MR) is 58.8 cm³/mol. The molecule has 1 aromatic rings. The third kappa shape index (κ3) is 3.13. The number of phenolic OH excluding ortho intramolecular Hbond substituents is 2. The van der Waals surface area contributed by atoms with Gasteiger partial charge in [-0.3, -0.25) is 0 Å². The lowest BCUT2D eigenvalue weighted by Crippen LogP contribution is -2.15. The van der Waals surface area contributed by atoms with Crippen molar-refractivity contribution < 1.29 is 10.2 Å². The van der Waals surface area contributed by atoms with E-state index in [1.54, 1.807) is 12.1 Å². The third-order valence-electron chi connectivity index (χ3n) is 2.81. The van der Waals surface area contributed by atoms with Gasteiger partial charge in [-0.1, -0.05) is 18.9 Å². The van der Waals surface area contributed by atoms with Crippen LogP contribution in [0.15, 0.2) is 18.2 Å². The van der Waals surface area contributed by atoms with E-state index >= 15 is 0 Å². The summed E-state index contributed by atoms with van der Waals surface area (Å²) < 4.78 is 0. The fourth-order valence-corrected chi connectivity index (χ4v) is 1.64. The van der Waals surface area contributed by atoms with Crippen LogP contribution in [0.3, 0.4) is 0 Å². The van der Waals surface area contributed by atoms with Crippen molar-refractivity contribution in [2.45, 2.75) is 25.8 Å². The number of rotatable bonds is 5. The molecule has 2 rings (SSSR count). The van der Waals surface area contributed by atoms with Crippen LogP contribution in [0.4, 0.5) is 0 Å². The van der Waals surface area contributed by atoms with Crippen LogP contribution in [-0.2, 0) is 6.54 Å². The van der Waals surface area contributed by atoms with E-state index in [4.69, 9.17) is 5.11 Å². The lowest BCUT2D eigenvalue weighted by atomic mass is 10.2. The zero-order valence-electron chi connectivity index (χ0n) is 8.74. The molecule has 1 fully saturated rings. The smallest absolute Gasteiger partial charge is 0.123 e. The van der Waals surface area contributed by atoms with Crippen molar-refractivity contribution in [1.82, 2.24) is 5.32 Å². The fourth-order valence-electron chi connectivity index (χ4n) is 1.64. The minimum absolute atomic E-state index is 0.106. The number of hydrogen-bond donors (Lipinski definition) is 3. The van der Waals surface area contributed by atoms with Gasteiger partial charge in [0.1, 0.15) is 11.5 Å². The molecule has 1 saturated carbocycles. The molecule has 0 aliphatic heterocycles. The molecular formula is C12H17NO2. The Labute approximate surface area is 89.8 Å². The molecule has 0 saturated heterocycles. The maximum Gasteiger partial charge on any atom is 0.123 e. The molecule has 0 amide bonds. The molecule has 1 aromatic carbocycles. The molecular weight excluding hydrogens is 190 g/mol. The van der Waals surface area contributed by atoms with Gasteiger partial charge >= 0.3 is 0 Å². The number of benzene rings is 1. The summed E-state index contributed by atoms with van der Waals surface area (Å²) in [7, 11) is 0. The zero-order chi connectivity index (χ0) is 10.7. The van der Waals surface area contributed by atoms with Gasteiger partial charge in [-0.25, -0.2) is 0 Å². The first-order valence-electron chi connectivity index (χ1n) is 5.47. The van der Waals surface area contributed by atoms with Crippen LogP contribution in [0.2, 0.25) is 0 Å².